The smallest absolute Gasteiger partial charge is 0.236 e. The maximum atomic E-state index is 11.7. The fourth-order valence-corrected chi connectivity index (χ4v) is 3.38. The largest absolute Gasteiger partial charge is 0.341 e. The Kier molecular flexibility index (Phi) is 4.53. The minimum atomic E-state index is -0.0169. The van der Waals surface area contributed by atoms with Crippen LogP contribution in [0, 0.1) is 13.8 Å². The van der Waals surface area contributed by atoms with Crippen LogP contribution in [0.15, 0.2) is 11.4 Å². The predicted octanol–water partition coefficient (Wildman–Crippen LogP) is 1.57. The molecule has 3 heterocycles. The number of aryl methyl sites for hydroxylation is 2. The molecule has 1 atom stereocenters. The molecule has 23 heavy (non-hydrogen) atoms. The number of hydrogen-bond donors (Lipinski definition) is 2. The van der Waals surface area contributed by atoms with Gasteiger partial charge in [-0.1, -0.05) is 0 Å². The highest BCUT2D eigenvalue weighted by Crippen LogP contribution is 2.27. The van der Waals surface area contributed by atoms with E-state index in [0.717, 1.165) is 34.6 Å². The van der Waals surface area contributed by atoms with E-state index < -0.39 is 0 Å². The predicted molar refractivity (Wildman–Crippen MR) is 89.9 cm³/mol. The first-order valence-corrected chi connectivity index (χ1v) is 8.45. The lowest BCUT2D eigenvalue weighted by Gasteiger charge is -2.15. The number of likely N-dealkylation sites (tertiary alicyclic amines) is 1. The molecular formula is C15H20N6OS. The second-order valence-corrected chi connectivity index (χ2v) is 6.56. The Bertz CT molecular complexity index is 716. The summed E-state index contributed by atoms with van der Waals surface area (Å²) in [5.41, 5.74) is 7.31. The van der Waals surface area contributed by atoms with Crippen LogP contribution >= 0.6 is 11.3 Å². The molecule has 0 spiro atoms. The van der Waals surface area contributed by atoms with Gasteiger partial charge in [0.2, 0.25) is 5.91 Å². The van der Waals surface area contributed by atoms with Gasteiger partial charge in [0.05, 0.1) is 12.2 Å². The average Bonchev–Trinajstić information content (AvgIpc) is 3.15. The van der Waals surface area contributed by atoms with Gasteiger partial charge < -0.3 is 16.0 Å². The third-order valence-corrected chi connectivity index (χ3v) is 4.68. The molecule has 8 heteroatoms. The van der Waals surface area contributed by atoms with Gasteiger partial charge in [0, 0.05) is 36.1 Å². The maximum Gasteiger partial charge on any atom is 0.236 e. The molecule has 3 rings (SSSR count). The van der Waals surface area contributed by atoms with Gasteiger partial charge in [-0.15, -0.1) is 11.3 Å². The van der Waals surface area contributed by atoms with Crippen molar-refractivity contribution in [2.24, 2.45) is 5.73 Å². The number of aromatic nitrogens is 3. The highest BCUT2D eigenvalue weighted by Gasteiger charge is 2.28. The van der Waals surface area contributed by atoms with Crippen molar-refractivity contribution < 1.29 is 4.79 Å². The van der Waals surface area contributed by atoms with Crippen molar-refractivity contribution in [3.8, 4) is 0 Å². The molecule has 1 aliphatic rings. The van der Waals surface area contributed by atoms with Gasteiger partial charge >= 0.3 is 0 Å². The van der Waals surface area contributed by atoms with Gasteiger partial charge in [-0.25, -0.2) is 15.0 Å². The van der Waals surface area contributed by atoms with Crippen LogP contribution in [0.5, 0.6) is 0 Å². The first-order valence-electron chi connectivity index (χ1n) is 7.57. The lowest BCUT2D eigenvalue weighted by Crippen LogP contribution is -2.34. The molecule has 0 unspecified atom stereocenters. The Balaban J connectivity index is 1.77. The lowest BCUT2D eigenvalue weighted by molar-refractivity contribution is -0.128. The van der Waals surface area contributed by atoms with Crippen LogP contribution in [0.25, 0.3) is 0 Å². The molecule has 0 aromatic carbocycles. The summed E-state index contributed by atoms with van der Waals surface area (Å²) in [7, 11) is 0. The number of nitrogens with one attached hydrogen (secondary N) is 1. The number of anilines is 2. The molecule has 3 N–H and O–H groups in total. The van der Waals surface area contributed by atoms with Crippen molar-refractivity contribution in [3.05, 3.63) is 28.7 Å². The molecule has 0 saturated carbocycles. The number of carbonyl (C=O) groups excluding carboxylic acids is 1. The zero-order valence-corrected chi connectivity index (χ0v) is 14.1. The fourth-order valence-electron chi connectivity index (χ4n) is 2.69. The van der Waals surface area contributed by atoms with Crippen LogP contribution in [-0.4, -0.2) is 45.4 Å². The van der Waals surface area contributed by atoms with E-state index in [4.69, 9.17) is 5.73 Å². The fraction of sp³-hybridized carbons (Fsp3) is 0.467. The third-order valence-electron chi connectivity index (χ3n) is 3.81. The Labute approximate surface area is 139 Å². The molecule has 0 aliphatic carbocycles. The monoisotopic (exact) mass is 332 g/mol. The van der Waals surface area contributed by atoms with Crippen LogP contribution in [0.3, 0.4) is 0 Å². The summed E-state index contributed by atoms with van der Waals surface area (Å²) in [5.74, 6) is 1.65. The summed E-state index contributed by atoms with van der Waals surface area (Å²) >= 11 is 1.55. The summed E-state index contributed by atoms with van der Waals surface area (Å²) in [6, 6.07) is 1.90. The van der Waals surface area contributed by atoms with Crippen molar-refractivity contribution in [1.29, 1.82) is 0 Å². The van der Waals surface area contributed by atoms with E-state index in [2.05, 4.69) is 20.3 Å². The molecule has 1 amide bonds. The van der Waals surface area contributed by atoms with Crippen molar-refractivity contribution in [2.45, 2.75) is 26.2 Å². The number of thiazole rings is 1. The van der Waals surface area contributed by atoms with Crippen molar-refractivity contribution in [3.63, 3.8) is 0 Å². The van der Waals surface area contributed by atoms with Gasteiger partial charge in [-0.2, -0.15) is 0 Å². The number of rotatable bonds is 4. The number of carbonyl (C=O) groups is 1. The first kappa shape index (κ1) is 15.8. The molecule has 2 aromatic heterocycles. The lowest BCUT2D eigenvalue weighted by atomic mass is 10.1. The number of nitrogens with zero attached hydrogens (tertiary/aromatic N) is 4. The van der Waals surface area contributed by atoms with E-state index in [0.29, 0.717) is 13.1 Å². The van der Waals surface area contributed by atoms with E-state index in [1.807, 2.05) is 25.3 Å². The summed E-state index contributed by atoms with van der Waals surface area (Å²) in [4.78, 5) is 27.0. The van der Waals surface area contributed by atoms with E-state index in [9.17, 15) is 4.79 Å². The van der Waals surface area contributed by atoms with Crippen molar-refractivity contribution >= 4 is 28.2 Å². The Morgan fingerprint density at radius 2 is 2.22 bits per heavy atom. The third kappa shape index (κ3) is 3.65. The molecule has 1 saturated heterocycles. The summed E-state index contributed by atoms with van der Waals surface area (Å²) in [6.07, 6.45) is 0.866. The van der Waals surface area contributed by atoms with Crippen molar-refractivity contribution in [2.75, 3.05) is 25.0 Å². The van der Waals surface area contributed by atoms with Crippen LogP contribution in [0.4, 0.5) is 10.9 Å². The Morgan fingerprint density at radius 3 is 2.91 bits per heavy atom. The number of amides is 1. The van der Waals surface area contributed by atoms with E-state index >= 15 is 0 Å². The standard InChI is InChI=1S/C15H20N6OS/c1-9-5-12(20-15-18-10(2)8-23-15)19-14(17-9)11-3-4-21(7-11)13(22)6-16/h5,8,11H,3-4,6-7,16H2,1-2H3,(H,17,18,19,20)/t11-/m0/s1. The molecule has 7 nitrogen and oxygen atoms in total. The first-order chi connectivity index (χ1) is 11.0. The average molecular weight is 332 g/mol. The van der Waals surface area contributed by atoms with Gasteiger partial charge in [0.1, 0.15) is 11.6 Å². The second-order valence-electron chi connectivity index (χ2n) is 5.70. The molecule has 122 valence electrons. The minimum absolute atomic E-state index is 0.0169. The number of nitrogens with two attached hydrogens (primary N) is 1. The van der Waals surface area contributed by atoms with Crippen LogP contribution in [0.1, 0.15) is 29.6 Å². The van der Waals surface area contributed by atoms with Crippen LogP contribution < -0.4 is 11.1 Å². The van der Waals surface area contributed by atoms with Crippen LogP contribution in [-0.2, 0) is 4.79 Å². The van der Waals surface area contributed by atoms with E-state index in [1.165, 1.54) is 0 Å². The second kappa shape index (κ2) is 6.59. The summed E-state index contributed by atoms with van der Waals surface area (Å²) in [5, 5.41) is 6.04. The van der Waals surface area contributed by atoms with Gasteiger partial charge in [-0.3, -0.25) is 4.79 Å². The highest BCUT2D eigenvalue weighted by atomic mass is 32.1. The zero-order valence-electron chi connectivity index (χ0n) is 13.2. The van der Waals surface area contributed by atoms with E-state index in [-0.39, 0.29) is 18.4 Å². The summed E-state index contributed by atoms with van der Waals surface area (Å²) < 4.78 is 0. The van der Waals surface area contributed by atoms with Crippen LogP contribution in [0.2, 0.25) is 0 Å². The molecule has 0 bridgehead atoms. The van der Waals surface area contributed by atoms with Gasteiger partial charge in [0.15, 0.2) is 5.13 Å². The quantitative estimate of drug-likeness (QED) is 0.882. The molecular weight excluding hydrogens is 312 g/mol. The van der Waals surface area contributed by atoms with Crippen molar-refractivity contribution in [1.82, 2.24) is 19.9 Å². The van der Waals surface area contributed by atoms with Gasteiger partial charge in [0.25, 0.3) is 0 Å². The number of hydrogen-bond acceptors (Lipinski definition) is 7. The molecule has 1 fully saturated rings. The Hall–Kier alpha value is -2.06. The maximum absolute atomic E-state index is 11.7. The highest BCUT2D eigenvalue weighted by molar-refractivity contribution is 7.13. The van der Waals surface area contributed by atoms with Gasteiger partial charge in [-0.05, 0) is 20.3 Å². The molecule has 0 radical (unpaired) electrons. The zero-order chi connectivity index (χ0) is 16.4. The topological polar surface area (TPSA) is 97.0 Å². The molecule has 1 aliphatic heterocycles. The van der Waals surface area contributed by atoms with E-state index in [1.54, 1.807) is 16.2 Å². The molecule has 2 aromatic rings. The minimum Gasteiger partial charge on any atom is -0.341 e. The summed E-state index contributed by atoms with van der Waals surface area (Å²) in [6.45, 7) is 5.31. The Morgan fingerprint density at radius 1 is 1.39 bits per heavy atom. The normalized spacial score (nSPS) is 17.5. The SMILES string of the molecule is Cc1cc(Nc2nc(C)cs2)nc([C@H]2CCN(C(=O)CN)C2)n1.